The molecule has 3 aromatic heterocycles. The Bertz CT molecular complexity index is 1220. The molecule has 0 saturated carbocycles. The van der Waals surface area contributed by atoms with Gasteiger partial charge in [0.2, 0.25) is 0 Å². The van der Waals surface area contributed by atoms with Gasteiger partial charge in [0.1, 0.15) is 0 Å². The first-order valence-electron chi connectivity index (χ1n) is 9.90. The average Bonchev–Trinajstić information content (AvgIpc) is 3.40. The van der Waals surface area contributed by atoms with Gasteiger partial charge in [-0.3, -0.25) is 19.0 Å². The molecule has 0 radical (unpaired) electrons. The molecular weight excluding hydrogens is 436 g/mol. The lowest BCUT2D eigenvalue weighted by Gasteiger charge is -2.34. The molecule has 1 fully saturated rings. The highest BCUT2D eigenvalue weighted by Gasteiger charge is 2.19. The molecular formula is C22H21ClN4OS2. The van der Waals surface area contributed by atoms with Gasteiger partial charge < -0.3 is 0 Å². The Balaban J connectivity index is 1.18. The smallest absolute Gasteiger partial charge is 0.258 e. The minimum absolute atomic E-state index is 0.00176. The Kier molecular flexibility index (Phi) is 5.71. The summed E-state index contributed by atoms with van der Waals surface area (Å²) < 4.78 is 1.60. The molecule has 1 aromatic carbocycles. The standard InChI is InChI=1S/C22H21ClN4OS2/c23-19-4-2-1-3-18(19)20-6-5-17(30-20)15-26-9-7-25(8-10-26)14-16-13-21(28)27-11-12-29-22(27)24-16/h1-6,11-13H,7-10,14-15H2. The van der Waals surface area contributed by atoms with Gasteiger partial charge in [-0.25, -0.2) is 4.98 Å². The number of thiophene rings is 1. The van der Waals surface area contributed by atoms with Crippen LogP contribution in [0, 0.1) is 0 Å². The van der Waals surface area contributed by atoms with Gasteiger partial charge in [0.15, 0.2) is 4.96 Å². The highest BCUT2D eigenvalue weighted by atomic mass is 35.5. The summed E-state index contributed by atoms with van der Waals surface area (Å²) >= 11 is 9.66. The van der Waals surface area contributed by atoms with E-state index >= 15 is 0 Å². The Labute approximate surface area is 187 Å². The van der Waals surface area contributed by atoms with E-state index in [0.717, 1.165) is 60.5 Å². The molecule has 8 heteroatoms. The maximum Gasteiger partial charge on any atom is 0.258 e. The van der Waals surface area contributed by atoms with E-state index in [0.29, 0.717) is 0 Å². The summed E-state index contributed by atoms with van der Waals surface area (Å²) in [7, 11) is 0. The predicted octanol–water partition coefficient (Wildman–Crippen LogP) is 4.46. The van der Waals surface area contributed by atoms with Crippen molar-refractivity contribution in [2.75, 3.05) is 26.2 Å². The van der Waals surface area contributed by atoms with Crippen molar-refractivity contribution >= 4 is 39.2 Å². The Morgan fingerprint density at radius 3 is 2.57 bits per heavy atom. The number of piperazine rings is 1. The Morgan fingerprint density at radius 2 is 1.77 bits per heavy atom. The van der Waals surface area contributed by atoms with E-state index in [4.69, 9.17) is 11.6 Å². The molecule has 1 aliphatic rings. The highest BCUT2D eigenvalue weighted by molar-refractivity contribution is 7.15. The summed E-state index contributed by atoms with van der Waals surface area (Å²) in [5.74, 6) is 0. The quantitative estimate of drug-likeness (QED) is 0.444. The summed E-state index contributed by atoms with van der Waals surface area (Å²) in [6, 6.07) is 14.0. The number of hydrogen-bond donors (Lipinski definition) is 0. The van der Waals surface area contributed by atoms with E-state index in [1.165, 1.54) is 21.1 Å². The zero-order chi connectivity index (χ0) is 20.5. The molecule has 5 rings (SSSR count). The minimum Gasteiger partial charge on any atom is -0.296 e. The average molecular weight is 457 g/mol. The fraction of sp³-hybridized carbons (Fsp3) is 0.273. The van der Waals surface area contributed by atoms with Gasteiger partial charge in [0.25, 0.3) is 5.56 Å². The van der Waals surface area contributed by atoms with E-state index in [2.05, 4.69) is 33.0 Å². The summed E-state index contributed by atoms with van der Waals surface area (Å²) in [6.07, 6.45) is 1.78. The molecule has 4 aromatic rings. The molecule has 0 aliphatic carbocycles. The number of thiazole rings is 1. The first-order chi connectivity index (χ1) is 14.7. The van der Waals surface area contributed by atoms with Gasteiger partial charge in [-0.1, -0.05) is 29.8 Å². The third kappa shape index (κ3) is 4.22. The minimum atomic E-state index is 0.00176. The molecule has 4 heterocycles. The van der Waals surface area contributed by atoms with Gasteiger partial charge in [0, 0.05) is 77.3 Å². The van der Waals surface area contributed by atoms with Crippen LogP contribution in [-0.4, -0.2) is 45.4 Å². The van der Waals surface area contributed by atoms with Crippen molar-refractivity contribution in [2.24, 2.45) is 0 Å². The van der Waals surface area contributed by atoms with Crippen molar-refractivity contribution < 1.29 is 0 Å². The SMILES string of the molecule is O=c1cc(CN2CCN(Cc3ccc(-c4ccccc4Cl)s3)CC2)nc2sccn12. The van der Waals surface area contributed by atoms with E-state index < -0.39 is 0 Å². The van der Waals surface area contributed by atoms with Gasteiger partial charge >= 0.3 is 0 Å². The lowest BCUT2D eigenvalue weighted by atomic mass is 10.2. The zero-order valence-electron chi connectivity index (χ0n) is 16.3. The van der Waals surface area contributed by atoms with Crippen LogP contribution in [0.1, 0.15) is 10.6 Å². The van der Waals surface area contributed by atoms with Crippen molar-refractivity contribution in [2.45, 2.75) is 13.1 Å². The third-order valence-corrected chi connectivity index (χ3v) is 7.58. The van der Waals surface area contributed by atoms with Gasteiger partial charge in [0.05, 0.1) is 5.69 Å². The fourth-order valence-electron chi connectivity index (χ4n) is 3.79. The van der Waals surface area contributed by atoms with E-state index in [1.807, 2.05) is 34.9 Å². The van der Waals surface area contributed by atoms with E-state index in [9.17, 15) is 4.79 Å². The predicted molar refractivity (Wildman–Crippen MR) is 125 cm³/mol. The van der Waals surface area contributed by atoms with Crippen LogP contribution in [-0.2, 0) is 13.1 Å². The Morgan fingerprint density at radius 1 is 1.00 bits per heavy atom. The molecule has 5 nitrogen and oxygen atoms in total. The third-order valence-electron chi connectivity index (χ3n) is 5.39. The van der Waals surface area contributed by atoms with Crippen LogP contribution in [0.25, 0.3) is 15.4 Å². The molecule has 0 bridgehead atoms. The molecule has 0 N–H and O–H groups in total. The van der Waals surface area contributed by atoms with Crippen molar-refractivity contribution in [3.63, 3.8) is 0 Å². The van der Waals surface area contributed by atoms with Crippen LogP contribution in [0.4, 0.5) is 0 Å². The van der Waals surface area contributed by atoms with Crippen molar-refractivity contribution in [1.29, 1.82) is 0 Å². The number of hydrogen-bond acceptors (Lipinski definition) is 6. The van der Waals surface area contributed by atoms with Crippen LogP contribution in [0.5, 0.6) is 0 Å². The van der Waals surface area contributed by atoms with E-state index in [1.54, 1.807) is 16.7 Å². The molecule has 0 spiro atoms. The first kappa shape index (κ1) is 19.9. The number of halogens is 1. The lowest BCUT2D eigenvalue weighted by molar-refractivity contribution is 0.122. The number of nitrogens with zero attached hydrogens (tertiary/aromatic N) is 4. The van der Waals surface area contributed by atoms with Crippen molar-refractivity contribution in [1.82, 2.24) is 19.2 Å². The summed E-state index contributed by atoms with van der Waals surface area (Å²) in [6.45, 7) is 5.68. The topological polar surface area (TPSA) is 40.9 Å². The molecule has 0 unspecified atom stereocenters. The van der Waals surface area contributed by atoms with Crippen LogP contribution in [0.15, 0.2) is 58.8 Å². The van der Waals surface area contributed by atoms with E-state index in [-0.39, 0.29) is 5.56 Å². The second-order valence-corrected chi connectivity index (χ2v) is 9.89. The molecule has 154 valence electrons. The Hall–Kier alpha value is -2.03. The second kappa shape index (κ2) is 8.61. The lowest BCUT2D eigenvalue weighted by Crippen LogP contribution is -2.45. The molecule has 0 atom stereocenters. The molecule has 0 amide bonds. The monoisotopic (exact) mass is 456 g/mol. The number of rotatable bonds is 5. The number of fused-ring (bicyclic) bond motifs is 1. The zero-order valence-corrected chi connectivity index (χ0v) is 18.7. The maximum absolute atomic E-state index is 12.2. The van der Waals surface area contributed by atoms with Crippen LogP contribution in [0.3, 0.4) is 0 Å². The summed E-state index contributed by atoms with van der Waals surface area (Å²) in [4.78, 5) is 25.0. The van der Waals surface area contributed by atoms with Crippen LogP contribution < -0.4 is 5.56 Å². The van der Waals surface area contributed by atoms with Gasteiger partial charge in [-0.2, -0.15) is 0 Å². The van der Waals surface area contributed by atoms with Crippen LogP contribution >= 0.6 is 34.3 Å². The first-order valence-corrected chi connectivity index (χ1v) is 12.0. The van der Waals surface area contributed by atoms with Crippen molar-refractivity contribution in [3.8, 4) is 10.4 Å². The normalized spacial score (nSPS) is 15.8. The fourth-order valence-corrected chi connectivity index (χ4v) is 5.91. The highest BCUT2D eigenvalue weighted by Crippen LogP contribution is 2.33. The molecule has 30 heavy (non-hydrogen) atoms. The maximum atomic E-state index is 12.2. The van der Waals surface area contributed by atoms with Gasteiger partial charge in [-0.05, 0) is 18.2 Å². The summed E-state index contributed by atoms with van der Waals surface area (Å²) in [5, 5.41) is 2.70. The largest absolute Gasteiger partial charge is 0.296 e. The summed E-state index contributed by atoms with van der Waals surface area (Å²) in [5.41, 5.74) is 1.96. The second-order valence-electron chi connectivity index (χ2n) is 7.44. The number of benzene rings is 1. The van der Waals surface area contributed by atoms with Crippen LogP contribution in [0.2, 0.25) is 5.02 Å². The van der Waals surface area contributed by atoms with Gasteiger partial charge in [-0.15, -0.1) is 22.7 Å². The number of aromatic nitrogens is 2. The van der Waals surface area contributed by atoms with Crippen molar-refractivity contribution in [3.05, 3.63) is 80.0 Å². The molecule has 1 saturated heterocycles. The molecule has 1 aliphatic heterocycles.